The van der Waals surface area contributed by atoms with E-state index < -0.39 is 60.8 Å². The van der Waals surface area contributed by atoms with Crippen LogP contribution in [0.15, 0.2) is 42.5 Å². The lowest BCUT2D eigenvalue weighted by Crippen LogP contribution is -2.73. The second-order valence-electron chi connectivity index (χ2n) is 9.66. The number of esters is 4. The minimum absolute atomic E-state index is 0.229. The fraction of sp³-hybridized carbons (Fsp3) is 0.414. The predicted molar refractivity (Wildman–Crippen MR) is 146 cm³/mol. The molecule has 3 N–H and O–H groups in total. The molecule has 1 amide bonds. The van der Waals surface area contributed by atoms with Crippen LogP contribution in [0.4, 0.5) is 0 Å². The van der Waals surface area contributed by atoms with Gasteiger partial charge >= 0.3 is 23.9 Å². The third-order valence-corrected chi connectivity index (χ3v) is 6.21. The molecule has 13 nitrogen and oxygen atoms in total. The highest BCUT2D eigenvalue weighted by atomic mass is 16.7. The zero-order valence-corrected chi connectivity index (χ0v) is 24.1. The average Bonchev–Trinajstić information content (AvgIpc) is 2.92. The maximum atomic E-state index is 12.1. The van der Waals surface area contributed by atoms with Gasteiger partial charge in [-0.25, -0.2) is 0 Å². The van der Waals surface area contributed by atoms with Crippen molar-refractivity contribution in [2.24, 2.45) is 5.73 Å². The van der Waals surface area contributed by atoms with E-state index in [2.05, 4.69) is 5.32 Å². The highest BCUT2D eigenvalue weighted by molar-refractivity contribution is 5.95. The van der Waals surface area contributed by atoms with E-state index >= 15 is 0 Å². The predicted octanol–water partition coefficient (Wildman–Crippen LogP) is 1.77. The third-order valence-electron chi connectivity index (χ3n) is 6.21. The maximum absolute atomic E-state index is 12.1. The molecule has 1 heterocycles. The number of amides is 1. The Morgan fingerprint density at radius 1 is 0.857 bits per heavy atom. The first kappa shape index (κ1) is 32.0. The van der Waals surface area contributed by atoms with Crippen LogP contribution in [-0.2, 0) is 42.9 Å². The van der Waals surface area contributed by atoms with Gasteiger partial charge in [0.1, 0.15) is 12.4 Å². The van der Waals surface area contributed by atoms with E-state index in [0.717, 1.165) is 38.8 Å². The number of carbonyl (C=O) groups is 5. The first-order valence-electron chi connectivity index (χ1n) is 13.0. The summed E-state index contributed by atoms with van der Waals surface area (Å²) < 4.78 is 33.4. The Morgan fingerprint density at radius 3 is 2.05 bits per heavy atom. The largest absolute Gasteiger partial charge is 0.461 e. The number of nitrogens with one attached hydrogen (secondary N) is 1. The normalized spacial score (nSPS) is 23.2. The van der Waals surface area contributed by atoms with Crippen LogP contribution in [0.5, 0.6) is 5.75 Å². The van der Waals surface area contributed by atoms with E-state index in [1.54, 1.807) is 44.3 Å². The van der Waals surface area contributed by atoms with Crippen molar-refractivity contribution in [3.8, 4) is 16.9 Å². The molecule has 5 atom stereocenters. The van der Waals surface area contributed by atoms with Gasteiger partial charge in [0.2, 0.25) is 12.4 Å². The summed E-state index contributed by atoms with van der Waals surface area (Å²) in [7, 11) is 1.55. The summed E-state index contributed by atoms with van der Waals surface area (Å²) in [5, 5.41) is 2.59. The zero-order valence-electron chi connectivity index (χ0n) is 24.1. The first-order chi connectivity index (χ1) is 19.7. The van der Waals surface area contributed by atoms with Gasteiger partial charge in [-0.3, -0.25) is 29.7 Å². The molecule has 0 aliphatic carbocycles. The molecular formula is C29H34N2O11. The smallest absolute Gasteiger partial charge is 0.303 e. The van der Waals surface area contributed by atoms with Crippen LogP contribution in [0.2, 0.25) is 0 Å². The molecule has 0 aromatic heterocycles. The second-order valence-corrected chi connectivity index (χ2v) is 9.66. The molecule has 0 bridgehead atoms. The Balaban J connectivity index is 2.03. The minimum atomic E-state index is -2.08. The molecule has 1 saturated heterocycles. The van der Waals surface area contributed by atoms with Crippen LogP contribution in [0.3, 0.4) is 0 Å². The third kappa shape index (κ3) is 7.83. The van der Waals surface area contributed by atoms with Crippen molar-refractivity contribution >= 4 is 29.8 Å². The summed E-state index contributed by atoms with van der Waals surface area (Å²) in [6.07, 6.45) is -6.01. The van der Waals surface area contributed by atoms with Gasteiger partial charge in [0.15, 0.2) is 17.9 Å². The van der Waals surface area contributed by atoms with Gasteiger partial charge in [0, 0.05) is 40.3 Å². The topological polar surface area (TPSA) is 179 Å². The number of benzene rings is 2. The van der Waals surface area contributed by atoms with Gasteiger partial charge in [-0.2, -0.15) is 0 Å². The van der Waals surface area contributed by atoms with Crippen molar-refractivity contribution in [2.75, 3.05) is 13.7 Å². The fourth-order valence-corrected chi connectivity index (χ4v) is 4.43. The second kappa shape index (κ2) is 13.4. The van der Waals surface area contributed by atoms with Crippen molar-refractivity contribution in [2.45, 2.75) is 64.9 Å². The van der Waals surface area contributed by atoms with E-state index in [-0.39, 0.29) is 11.7 Å². The molecular weight excluding hydrogens is 552 g/mol. The molecule has 42 heavy (non-hydrogen) atoms. The van der Waals surface area contributed by atoms with Gasteiger partial charge in [-0.15, -0.1) is 0 Å². The van der Waals surface area contributed by atoms with E-state index in [9.17, 15) is 24.0 Å². The van der Waals surface area contributed by atoms with Crippen molar-refractivity contribution in [1.29, 1.82) is 0 Å². The molecule has 1 aliphatic rings. The quantitative estimate of drug-likeness (QED) is 0.322. The molecule has 0 radical (unpaired) electrons. The van der Waals surface area contributed by atoms with Crippen LogP contribution >= 0.6 is 0 Å². The lowest BCUT2D eigenvalue weighted by molar-refractivity contribution is -0.323. The van der Waals surface area contributed by atoms with E-state index in [1.807, 2.05) is 12.1 Å². The van der Waals surface area contributed by atoms with E-state index in [1.165, 1.54) is 0 Å². The van der Waals surface area contributed by atoms with Gasteiger partial charge in [-0.05, 0) is 47.9 Å². The standard InChI is InChI=1S/C29H34N2O11/c1-15-12-21(20-8-7-9-22(13-20)27(36)31-6)10-11-23(15)41-28-25(39-18(4)34)24(38-17(3)33)26(40-19(5)35)29(30,42-28)14-37-16(2)32/h7-13,24-26,28H,14,30H2,1-6H3,(H,31,36)/t24-,25+,26+,28+,29-/m1/s1. The number of aryl methyl sites for hydroxylation is 1. The molecule has 0 saturated carbocycles. The van der Waals surface area contributed by atoms with E-state index in [0.29, 0.717) is 11.1 Å². The fourth-order valence-electron chi connectivity index (χ4n) is 4.43. The molecule has 1 aliphatic heterocycles. The van der Waals surface area contributed by atoms with Gasteiger partial charge in [0.05, 0.1) is 0 Å². The summed E-state index contributed by atoms with van der Waals surface area (Å²) in [5.41, 5.74) is 7.06. The zero-order chi connectivity index (χ0) is 31.2. The number of carbonyl (C=O) groups excluding carboxylic acids is 5. The summed E-state index contributed by atoms with van der Waals surface area (Å²) in [6, 6.07) is 12.2. The molecule has 3 rings (SSSR count). The van der Waals surface area contributed by atoms with Gasteiger partial charge in [-0.1, -0.05) is 18.2 Å². The van der Waals surface area contributed by atoms with Crippen molar-refractivity contribution in [3.63, 3.8) is 0 Å². The average molecular weight is 587 g/mol. The summed E-state index contributed by atoms with van der Waals surface area (Å²) >= 11 is 0. The Morgan fingerprint density at radius 2 is 1.48 bits per heavy atom. The van der Waals surface area contributed by atoms with Crippen LogP contribution in [-0.4, -0.2) is 73.8 Å². The first-order valence-corrected chi connectivity index (χ1v) is 13.0. The molecule has 13 heteroatoms. The lowest BCUT2D eigenvalue weighted by Gasteiger charge is -2.48. The Bertz CT molecular complexity index is 1360. The summed E-state index contributed by atoms with van der Waals surface area (Å²) in [6.45, 7) is 5.60. The molecule has 2 aromatic carbocycles. The number of rotatable bonds is 9. The Kier molecular flexibility index (Phi) is 10.3. The highest BCUT2D eigenvalue weighted by Crippen LogP contribution is 2.36. The minimum Gasteiger partial charge on any atom is -0.461 e. The number of hydrogen-bond acceptors (Lipinski definition) is 12. The molecule has 1 fully saturated rings. The van der Waals surface area contributed by atoms with Gasteiger partial charge < -0.3 is 33.7 Å². The SMILES string of the molecule is CNC(=O)c1cccc(-c2ccc(O[C@H]3O[C@](N)(COC(C)=O)[C@@H](OC(C)=O)[C@H](OC(C)=O)[C@@H]3OC(C)=O)c(C)c2)c1. The Labute approximate surface area is 242 Å². The molecule has 226 valence electrons. The maximum Gasteiger partial charge on any atom is 0.303 e. The van der Waals surface area contributed by atoms with Gasteiger partial charge in [0.25, 0.3) is 5.91 Å². The lowest BCUT2D eigenvalue weighted by atomic mass is 9.93. The van der Waals surface area contributed by atoms with E-state index in [4.69, 9.17) is 34.2 Å². The van der Waals surface area contributed by atoms with Crippen LogP contribution in [0.25, 0.3) is 11.1 Å². The highest BCUT2D eigenvalue weighted by Gasteiger charge is 2.60. The monoisotopic (exact) mass is 586 g/mol. The van der Waals surface area contributed by atoms with Crippen LogP contribution in [0, 0.1) is 6.92 Å². The summed E-state index contributed by atoms with van der Waals surface area (Å²) in [5.74, 6) is -3.04. The number of nitrogens with two attached hydrogens (primary N) is 1. The van der Waals surface area contributed by atoms with Crippen molar-refractivity contribution in [1.82, 2.24) is 5.32 Å². The Hall–Kier alpha value is -4.49. The molecule has 0 unspecified atom stereocenters. The van der Waals surface area contributed by atoms with Crippen molar-refractivity contribution < 1.29 is 52.4 Å². The molecule has 0 spiro atoms. The summed E-state index contributed by atoms with van der Waals surface area (Å²) in [4.78, 5) is 59.9. The van der Waals surface area contributed by atoms with Crippen LogP contribution < -0.4 is 15.8 Å². The number of hydrogen-bond donors (Lipinski definition) is 2. The number of ether oxygens (including phenoxy) is 6. The van der Waals surface area contributed by atoms with Crippen LogP contribution in [0.1, 0.15) is 43.6 Å². The molecule has 2 aromatic rings. The van der Waals surface area contributed by atoms with Crippen molar-refractivity contribution in [3.05, 3.63) is 53.6 Å².